The third kappa shape index (κ3) is 11.5. The molecule has 0 fully saturated rings. The van der Waals surface area contributed by atoms with Crippen LogP contribution in [0.15, 0.2) is 24.3 Å². The summed E-state index contributed by atoms with van der Waals surface area (Å²) in [7, 11) is 0. The van der Waals surface area contributed by atoms with Crippen molar-refractivity contribution >= 4 is 11.6 Å². The average Bonchev–Trinajstić information content (AvgIpc) is 2.63. The molecule has 4 nitrogen and oxygen atoms in total. The largest absolute Gasteiger partial charge is 0.494 e. The number of hydrogen-bond donors (Lipinski definition) is 2. The summed E-state index contributed by atoms with van der Waals surface area (Å²) in [5.41, 5.74) is 0.921. The predicted molar refractivity (Wildman–Crippen MR) is 106 cm³/mol. The van der Waals surface area contributed by atoms with Gasteiger partial charge in [-0.15, -0.1) is 0 Å². The molecule has 0 heterocycles. The highest BCUT2D eigenvalue weighted by molar-refractivity contribution is 5.80. The van der Waals surface area contributed by atoms with E-state index in [4.69, 9.17) is 4.74 Å². The fraction of sp³-hybridized carbons (Fsp3) is 0.667. The molecule has 0 aromatic heterocycles. The van der Waals surface area contributed by atoms with Gasteiger partial charge in [0, 0.05) is 18.3 Å². The maximum Gasteiger partial charge on any atom is 0.239 e. The summed E-state index contributed by atoms with van der Waals surface area (Å²) < 4.78 is 5.77. The van der Waals surface area contributed by atoms with Crippen LogP contribution in [0.4, 0.5) is 5.69 Å². The van der Waals surface area contributed by atoms with Crippen molar-refractivity contribution in [3.8, 4) is 5.75 Å². The van der Waals surface area contributed by atoms with E-state index in [-0.39, 0.29) is 5.91 Å². The van der Waals surface area contributed by atoms with Gasteiger partial charge in [-0.05, 0) is 25.0 Å². The van der Waals surface area contributed by atoms with Crippen LogP contribution < -0.4 is 15.4 Å². The molecule has 142 valence electrons. The van der Waals surface area contributed by atoms with E-state index in [0.717, 1.165) is 37.4 Å². The first-order valence-corrected chi connectivity index (χ1v) is 9.99. The normalized spacial score (nSPS) is 10.5. The molecule has 0 aliphatic rings. The molecule has 0 atom stereocenters. The van der Waals surface area contributed by atoms with Gasteiger partial charge >= 0.3 is 0 Å². The summed E-state index contributed by atoms with van der Waals surface area (Å²) in [4.78, 5) is 11.9. The number of amides is 1. The summed E-state index contributed by atoms with van der Waals surface area (Å²) in [6.07, 6.45) is 10.9. The third-order valence-corrected chi connectivity index (χ3v) is 4.16. The minimum Gasteiger partial charge on any atom is -0.494 e. The Labute approximate surface area is 153 Å². The zero-order chi connectivity index (χ0) is 18.2. The number of carbonyl (C=O) groups excluding carboxylic acids is 1. The lowest BCUT2D eigenvalue weighted by Gasteiger charge is -2.10. The quantitative estimate of drug-likeness (QED) is 0.431. The predicted octanol–water partition coefficient (Wildman–Crippen LogP) is 5.14. The molecule has 2 N–H and O–H groups in total. The molecule has 0 spiro atoms. The van der Waals surface area contributed by atoms with Gasteiger partial charge in [-0.25, -0.2) is 0 Å². The molecule has 1 rings (SSSR count). The van der Waals surface area contributed by atoms with Crippen LogP contribution >= 0.6 is 0 Å². The van der Waals surface area contributed by atoms with Crippen molar-refractivity contribution in [3.05, 3.63) is 24.3 Å². The molecule has 25 heavy (non-hydrogen) atoms. The topological polar surface area (TPSA) is 50.4 Å². The van der Waals surface area contributed by atoms with E-state index in [0.29, 0.717) is 6.54 Å². The molecule has 0 saturated heterocycles. The van der Waals surface area contributed by atoms with E-state index >= 15 is 0 Å². The van der Waals surface area contributed by atoms with Crippen LogP contribution in [0.2, 0.25) is 0 Å². The van der Waals surface area contributed by atoms with Crippen LogP contribution in [0.1, 0.15) is 71.6 Å². The maximum atomic E-state index is 11.9. The molecule has 0 aliphatic heterocycles. The smallest absolute Gasteiger partial charge is 0.239 e. The Bertz CT molecular complexity index is 463. The van der Waals surface area contributed by atoms with Gasteiger partial charge in [0.15, 0.2) is 0 Å². The van der Waals surface area contributed by atoms with Gasteiger partial charge in [0.1, 0.15) is 5.75 Å². The summed E-state index contributed by atoms with van der Waals surface area (Å²) in [5, 5.41) is 6.13. The van der Waals surface area contributed by atoms with E-state index in [1.807, 2.05) is 24.3 Å². The number of ether oxygens (including phenoxy) is 1. The van der Waals surface area contributed by atoms with Crippen molar-refractivity contribution in [1.82, 2.24) is 5.32 Å². The monoisotopic (exact) mass is 348 g/mol. The standard InChI is InChI=1S/C21H36N2O2/c1-3-5-7-9-10-15-22-21(24)18-23-19-13-12-14-20(17-19)25-16-11-8-6-4-2/h12-14,17,23H,3-11,15-16,18H2,1-2H3,(H,22,24). The van der Waals surface area contributed by atoms with Crippen LogP contribution in [-0.2, 0) is 4.79 Å². The number of unbranched alkanes of at least 4 members (excludes halogenated alkanes) is 7. The SMILES string of the molecule is CCCCCCCNC(=O)CNc1cccc(OCCCCCC)c1. The van der Waals surface area contributed by atoms with Crippen molar-refractivity contribution in [2.75, 3.05) is 25.0 Å². The molecule has 0 radical (unpaired) electrons. The van der Waals surface area contributed by atoms with Crippen LogP contribution in [0, 0.1) is 0 Å². The van der Waals surface area contributed by atoms with Gasteiger partial charge in [0.05, 0.1) is 13.2 Å². The second-order valence-corrected chi connectivity index (χ2v) is 6.55. The molecule has 4 heteroatoms. The van der Waals surface area contributed by atoms with E-state index < -0.39 is 0 Å². The van der Waals surface area contributed by atoms with Crippen LogP contribution in [-0.4, -0.2) is 25.6 Å². The molecule has 0 bridgehead atoms. The van der Waals surface area contributed by atoms with E-state index in [9.17, 15) is 4.79 Å². The number of hydrogen-bond acceptors (Lipinski definition) is 3. The summed E-state index contributed by atoms with van der Waals surface area (Å²) in [5.74, 6) is 0.902. The Morgan fingerprint density at radius 1 is 0.960 bits per heavy atom. The molecular weight excluding hydrogens is 312 g/mol. The fourth-order valence-electron chi connectivity index (χ4n) is 2.62. The molecule has 0 unspecified atom stereocenters. The van der Waals surface area contributed by atoms with Crippen molar-refractivity contribution in [3.63, 3.8) is 0 Å². The second kappa shape index (κ2) is 14.6. The van der Waals surface area contributed by atoms with Crippen molar-refractivity contribution in [2.45, 2.75) is 71.6 Å². The van der Waals surface area contributed by atoms with Crippen LogP contribution in [0.3, 0.4) is 0 Å². The lowest BCUT2D eigenvalue weighted by molar-refractivity contribution is -0.119. The Morgan fingerprint density at radius 3 is 2.44 bits per heavy atom. The highest BCUT2D eigenvalue weighted by atomic mass is 16.5. The second-order valence-electron chi connectivity index (χ2n) is 6.55. The Kier molecular flexibility index (Phi) is 12.5. The highest BCUT2D eigenvalue weighted by Crippen LogP contribution is 2.17. The van der Waals surface area contributed by atoms with E-state index in [1.54, 1.807) is 0 Å². The van der Waals surface area contributed by atoms with Gasteiger partial charge in [-0.2, -0.15) is 0 Å². The number of carbonyl (C=O) groups is 1. The Hall–Kier alpha value is -1.71. The lowest BCUT2D eigenvalue weighted by Crippen LogP contribution is -2.30. The molecule has 0 saturated carbocycles. The molecule has 1 aromatic carbocycles. The number of nitrogens with one attached hydrogen (secondary N) is 2. The third-order valence-electron chi connectivity index (χ3n) is 4.16. The first-order chi connectivity index (χ1) is 12.3. The Balaban J connectivity index is 2.17. The number of rotatable bonds is 15. The summed E-state index contributed by atoms with van der Waals surface area (Å²) >= 11 is 0. The average molecular weight is 349 g/mol. The van der Waals surface area contributed by atoms with E-state index in [1.165, 1.54) is 44.9 Å². The van der Waals surface area contributed by atoms with Crippen molar-refractivity contribution < 1.29 is 9.53 Å². The number of anilines is 1. The fourth-order valence-corrected chi connectivity index (χ4v) is 2.62. The van der Waals surface area contributed by atoms with Gasteiger partial charge < -0.3 is 15.4 Å². The van der Waals surface area contributed by atoms with Gasteiger partial charge in [-0.1, -0.05) is 64.9 Å². The first kappa shape index (κ1) is 21.3. The lowest BCUT2D eigenvalue weighted by atomic mass is 10.1. The van der Waals surface area contributed by atoms with Crippen LogP contribution in [0.25, 0.3) is 0 Å². The minimum atomic E-state index is 0.0429. The zero-order valence-corrected chi connectivity index (χ0v) is 16.1. The molecule has 0 aliphatic carbocycles. The maximum absolute atomic E-state index is 11.9. The molecule has 1 amide bonds. The van der Waals surface area contributed by atoms with Gasteiger partial charge in [0.25, 0.3) is 0 Å². The number of benzene rings is 1. The minimum absolute atomic E-state index is 0.0429. The van der Waals surface area contributed by atoms with E-state index in [2.05, 4.69) is 24.5 Å². The molecule has 1 aromatic rings. The molecular formula is C21H36N2O2. The summed E-state index contributed by atoms with van der Waals surface area (Å²) in [6, 6.07) is 7.83. The van der Waals surface area contributed by atoms with Crippen molar-refractivity contribution in [1.29, 1.82) is 0 Å². The first-order valence-electron chi connectivity index (χ1n) is 9.99. The highest BCUT2D eigenvalue weighted by Gasteiger charge is 2.02. The van der Waals surface area contributed by atoms with Crippen LogP contribution in [0.5, 0.6) is 5.75 Å². The summed E-state index contributed by atoms with van der Waals surface area (Å²) in [6.45, 7) is 6.24. The van der Waals surface area contributed by atoms with Gasteiger partial charge in [-0.3, -0.25) is 4.79 Å². The zero-order valence-electron chi connectivity index (χ0n) is 16.1. The Morgan fingerprint density at radius 2 is 1.68 bits per heavy atom. The van der Waals surface area contributed by atoms with Crippen molar-refractivity contribution in [2.24, 2.45) is 0 Å². The van der Waals surface area contributed by atoms with Gasteiger partial charge in [0.2, 0.25) is 5.91 Å².